The van der Waals surface area contributed by atoms with E-state index in [1.165, 1.54) is 10.9 Å². The Kier molecular flexibility index (Phi) is 5.79. The Balaban J connectivity index is 1.82. The zero-order valence-corrected chi connectivity index (χ0v) is 18.5. The van der Waals surface area contributed by atoms with Crippen molar-refractivity contribution in [2.24, 2.45) is 0 Å². The molecule has 0 bridgehead atoms. The summed E-state index contributed by atoms with van der Waals surface area (Å²) in [4.78, 5) is 4.39. The van der Waals surface area contributed by atoms with Crippen LogP contribution in [0.15, 0.2) is 35.5 Å². The Hall–Kier alpha value is -1.31. The van der Waals surface area contributed by atoms with Gasteiger partial charge in [-0.3, -0.25) is 0 Å². The summed E-state index contributed by atoms with van der Waals surface area (Å²) in [6.07, 6.45) is 15.0. The van der Waals surface area contributed by atoms with Crippen molar-refractivity contribution >= 4 is 36.9 Å². The SMILES string of the molecule is CC(C)n1cc(-c2cnn(COCCS(C)(C)C)c2)c2cc(Br)ncc21. The van der Waals surface area contributed by atoms with Crippen LogP contribution in [0.1, 0.15) is 19.9 Å². The Morgan fingerprint density at radius 1 is 1.19 bits per heavy atom. The first kappa shape index (κ1) is 19.5. The van der Waals surface area contributed by atoms with Crippen LogP contribution >= 0.6 is 26.0 Å². The van der Waals surface area contributed by atoms with E-state index in [9.17, 15) is 0 Å². The number of pyridine rings is 1. The smallest absolute Gasteiger partial charge is 0.139 e. The lowest BCUT2D eigenvalue weighted by Gasteiger charge is -2.24. The molecule has 7 heteroatoms. The van der Waals surface area contributed by atoms with Gasteiger partial charge in [-0.05, 0) is 54.6 Å². The molecule has 0 atom stereocenters. The van der Waals surface area contributed by atoms with Crippen LogP contribution < -0.4 is 0 Å². The first-order valence-corrected chi connectivity index (χ1v) is 12.5. The molecule has 0 fully saturated rings. The zero-order valence-electron chi connectivity index (χ0n) is 16.1. The highest BCUT2D eigenvalue weighted by Crippen LogP contribution is 2.34. The van der Waals surface area contributed by atoms with Gasteiger partial charge in [-0.15, -0.1) is 0 Å². The minimum Gasteiger partial charge on any atom is -0.358 e. The fraction of sp³-hybridized carbons (Fsp3) is 0.474. The van der Waals surface area contributed by atoms with Crippen LogP contribution in [-0.2, 0) is 11.5 Å². The summed E-state index contributed by atoms with van der Waals surface area (Å²) in [5, 5.41) is 5.65. The summed E-state index contributed by atoms with van der Waals surface area (Å²) >= 11 is 3.49. The normalized spacial score (nSPS) is 13.0. The number of hydrogen-bond donors (Lipinski definition) is 0. The Labute approximate surface area is 165 Å². The summed E-state index contributed by atoms with van der Waals surface area (Å²) in [5.41, 5.74) is 3.40. The van der Waals surface area contributed by atoms with E-state index in [4.69, 9.17) is 4.74 Å². The van der Waals surface area contributed by atoms with E-state index in [2.05, 4.69) is 81.7 Å². The van der Waals surface area contributed by atoms with Crippen LogP contribution in [0.2, 0.25) is 0 Å². The molecule has 0 aliphatic heterocycles. The van der Waals surface area contributed by atoms with E-state index < -0.39 is 10.0 Å². The van der Waals surface area contributed by atoms with Gasteiger partial charge in [0.1, 0.15) is 11.3 Å². The molecule has 3 heterocycles. The quantitative estimate of drug-likeness (QED) is 0.388. The Bertz CT molecular complexity index is 895. The molecule has 0 aliphatic carbocycles. The first-order chi connectivity index (χ1) is 12.2. The van der Waals surface area contributed by atoms with Crippen LogP contribution in [0.3, 0.4) is 0 Å². The fourth-order valence-corrected chi connectivity index (χ4v) is 3.77. The van der Waals surface area contributed by atoms with Gasteiger partial charge in [0.15, 0.2) is 0 Å². The maximum atomic E-state index is 5.79. The number of rotatable bonds is 7. The number of fused-ring (bicyclic) bond motifs is 1. The third-order valence-corrected chi connectivity index (χ3v) is 6.08. The average Bonchev–Trinajstić information content (AvgIpc) is 3.14. The minimum atomic E-state index is -0.518. The molecule has 0 unspecified atom stereocenters. The van der Waals surface area contributed by atoms with Gasteiger partial charge in [-0.25, -0.2) is 19.7 Å². The number of halogens is 1. The maximum Gasteiger partial charge on any atom is 0.139 e. The van der Waals surface area contributed by atoms with Crippen molar-refractivity contribution in [1.82, 2.24) is 19.3 Å². The van der Waals surface area contributed by atoms with E-state index >= 15 is 0 Å². The summed E-state index contributed by atoms with van der Waals surface area (Å²) in [7, 11) is -0.518. The van der Waals surface area contributed by atoms with Gasteiger partial charge >= 0.3 is 0 Å². The molecule has 5 nitrogen and oxygen atoms in total. The highest BCUT2D eigenvalue weighted by Gasteiger charge is 2.14. The molecule has 0 radical (unpaired) electrons. The van der Waals surface area contributed by atoms with E-state index in [0.29, 0.717) is 12.8 Å². The summed E-state index contributed by atoms with van der Waals surface area (Å²) in [5.74, 6) is 1.12. The van der Waals surface area contributed by atoms with Crippen molar-refractivity contribution in [2.75, 3.05) is 31.1 Å². The van der Waals surface area contributed by atoms with Gasteiger partial charge in [-0.1, -0.05) is 0 Å². The molecule has 0 saturated carbocycles. The third kappa shape index (κ3) is 4.50. The zero-order chi connectivity index (χ0) is 18.9. The van der Waals surface area contributed by atoms with E-state index in [0.717, 1.165) is 28.0 Å². The molecular weight excluding hydrogens is 412 g/mol. The number of hydrogen-bond acceptors (Lipinski definition) is 3. The minimum absolute atomic E-state index is 0.368. The molecular formula is C19H27BrN4OS. The number of ether oxygens (including phenoxy) is 1. The van der Waals surface area contributed by atoms with Crippen LogP contribution in [0.5, 0.6) is 0 Å². The average molecular weight is 439 g/mol. The Morgan fingerprint density at radius 3 is 2.65 bits per heavy atom. The largest absolute Gasteiger partial charge is 0.358 e. The molecule has 0 N–H and O–H groups in total. The van der Waals surface area contributed by atoms with Crippen molar-refractivity contribution < 1.29 is 4.74 Å². The fourth-order valence-electron chi connectivity index (χ4n) is 2.82. The van der Waals surface area contributed by atoms with Gasteiger partial charge in [0, 0.05) is 40.7 Å². The van der Waals surface area contributed by atoms with Crippen LogP contribution in [0.4, 0.5) is 0 Å². The number of aromatic nitrogens is 4. The van der Waals surface area contributed by atoms with E-state index in [1.807, 2.05) is 17.1 Å². The lowest BCUT2D eigenvalue weighted by atomic mass is 10.1. The molecule has 0 saturated heterocycles. The summed E-state index contributed by atoms with van der Waals surface area (Å²) in [6, 6.07) is 2.44. The molecule has 0 spiro atoms. The number of nitrogens with zero attached hydrogens (tertiary/aromatic N) is 4. The molecule has 3 aromatic heterocycles. The van der Waals surface area contributed by atoms with Crippen molar-refractivity contribution in [1.29, 1.82) is 0 Å². The van der Waals surface area contributed by atoms with Crippen LogP contribution in [0.25, 0.3) is 22.0 Å². The van der Waals surface area contributed by atoms with Crippen LogP contribution in [0, 0.1) is 0 Å². The molecule has 26 heavy (non-hydrogen) atoms. The highest BCUT2D eigenvalue weighted by molar-refractivity contribution is 9.10. The van der Waals surface area contributed by atoms with Crippen molar-refractivity contribution in [3.05, 3.63) is 35.5 Å². The van der Waals surface area contributed by atoms with Gasteiger partial charge in [-0.2, -0.15) is 5.10 Å². The third-order valence-electron chi connectivity index (χ3n) is 4.25. The second-order valence-corrected chi connectivity index (χ2v) is 13.1. The van der Waals surface area contributed by atoms with Gasteiger partial charge in [0.05, 0.1) is 24.5 Å². The van der Waals surface area contributed by atoms with Crippen molar-refractivity contribution in [3.8, 4) is 11.1 Å². The predicted octanol–water partition coefficient (Wildman–Crippen LogP) is 4.91. The van der Waals surface area contributed by atoms with Crippen LogP contribution in [-0.4, -0.2) is 50.5 Å². The highest BCUT2D eigenvalue weighted by atomic mass is 79.9. The van der Waals surface area contributed by atoms with Gasteiger partial charge in [0.25, 0.3) is 0 Å². The summed E-state index contributed by atoms with van der Waals surface area (Å²) < 4.78 is 10.8. The maximum absolute atomic E-state index is 5.79. The van der Waals surface area contributed by atoms with Crippen molar-refractivity contribution in [2.45, 2.75) is 26.6 Å². The van der Waals surface area contributed by atoms with Gasteiger partial charge in [0.2, 0.25) is 0 Å². The van der Waals surface area contributed by atoms with Crippen molar-refractivity contribution in [3.63, 3.8) is 0 Å². The monoisotopic (exact) mass is 438 g/mol. The van der Waals surface area contributed by atoms with Gasteiger partial charge < -0.3 is 9.30 Å². The molecule has 0 amide bonds. The Morgan fingerprint density at radius 2 is 1.96 bits per heavy atom. The molecule has 3 rings (SSSR count). The summed E-state index contributed by atoms with van der Waals surface area (Å²) in [6.45, 7) is 5.63. The molecule has 0 aliphatic rings. The molecule has 0 aromatic carbocycles. The second kappa shape index (κ2) is 7.74. The topological polar surface area (TPSA) is 44.9 Å². The van der Waals surface area contributed by atoms with E-state index in [1.54, 1.807) is 0 Å². The first-order valence-electron chi connectivity index (χ1n) is 8.67. The predicted molar refractivity (Wildman–Crippen MR) is 115 cm³/mol. The molecule has 142 valence electrons. The lowest BCUT2D eigenvalue weighted by Crippen LogP contribution is -2.10. The lowest BCUT2D eigenvalue weighted by molar-refractivity contribution is 0.0809. The molecule has 3 aromatic rings. The second-order valence-electron chi connectivity index (χ2n) is 7.67. The standard InChI is InChI=1S/C19H27BrN4OS/c1-14(2)24-12-17(16-8-19(20)21-10-18(16)24)15-9-22-23(11-15)13-25-6-7-26(3,4)5/h8-12,14H,6-7,13H2,1-5H3. The van der Waals surface area contributed by atoms with E-state index in [-0.39, 0.29) is 0 Å².